The third kappa shape index (κ3) is 3.38. The Balaban J connectivity index is 1.92. The molecule has 18 heavy (non-hydrogen) atoms. The van der Waals surface area contributed by atoms with Gasteiger partial charge in [-0.25, -0.2) is 0 Å². The smallest absolute Gasteiger partial charge is 0.123 e. The van der Waals surface area contributed by atoms with Crippen molar-refractivity contribution in [2.24, 2.45) is 0 Å². The number of benzene rings is 1. The molecule has 96 valence electrons. The van der Waals surface area contributed by atoms with E-state index in [1.54, 1.807) is 10.9 Å². The fraction of sp³-hybridized carbons (Fsp3) is 0.333. The van der Waals surface area contributed by atoms with Crippen molar-refractivity contribution in [3.63, 3.8) is 0 Å². The SMILES string of the molecule is CCOc1cc(N)cc(NCCn2ccnn2)c1. The molecule has 0 saturated heterocycles. The number of rotatable bonds is 6. The van der Waals surface area contributed by atoms with Crippen molar-refractivity contribution in [2.45, 2.75) is 13.5 Å². The molecule has 2 aromatic rings. The molecular weight excluding hydrogens is 230 g/mol. The molecule has 3 N–H and O–H groups in total. The maximum atomic E-state index is 5.81. The molecule has 0 radical (unpaired) electrons. The van der Waals surface area contributed by atoms with E-state index in [2.05, 4.69) is 15.6 Å². The normalized spacial score (nSPS) is 10.3. The fourth-order valence-corrected chi connectivity index (χ4v) is 1.64. The first-order chi connectivity index (χ1) is 8.78. The molecule has 0 bridgehead atoms. The molecule has 0 aliphatic carbocycles. The highest BCUT2D eigenvalue weighted by atomic mass is 16.5. The number of ether oxygens (including phenoxy) is 1. The van der Waals surface area contributed by atoms with Crippen molar-refractivity contribution >= 4 is 11.4 Å². The Hall–Kier alpha value is -2.24. The highest BCUT2D eigenvalue weighted by Gasteiger charge is 1.99. The molecule has 0 unspecified atom stereocenters. The lowest BCUT2D eigenvalue weighted by Gasteiger charge is -2.10. The van der Waals surface area contributed by atoms with Gasteiger partial charge in [0, 0.05) is 36.2 Å². The number of anilines is 2. The maximum Gasteiger partial charge on any atom is 0.123 e. The summed E-state index contributed by atoms with van der Waals surface area (Å²) >= 11 is 0. The predicted molar refractivity (Wildman–Crippen MR) is 70.5 cm³/mol. The van der Waals surface area contributed by atoms with Gasteiger partial charge in [-0.1, -0.05) is 5.21 Å². The standard InChI is InChI=1S/C12H17N5O/c1-2-18-12-8-10(13)7-11(9-12)14-3-5-17-6-4-15-16-17/h4,6-9,14H,2-3,5,13H2,1H3. The summed E-state index contributed by atoms with van der Waals surface area (Å²) in [4.78, 5) is 0. The zero-order valence-corrected chi connectivity index (χ0v) is 10.3. The second kappa shape index (κ2) is 5.90. The van der Waals surface area contributed by atoms with Crippen LogP contribution in [-0.2, 0) is 6.54 Å². The summed E-state index contributed by atoms with van der Waals surface area (Å²) in [7, 11) is 0. The minimum atomic E-state index is 0.627. The molecule has 0 spiro atoms. The maximum absolute atomic E-state index is 5.81. The highest BCUT2D eigenvalue weighted by Crippen LogP contribution is 2.22. The van der Waals surface area contributed by atoms with Crippen LogP contribution in [0.3, 0.4) is 0 Å². The van der Waals surface area contributed by atoms with Gasteiger partial charge in [0.05, 0.1) is 19.3 Å². The van der Waals surface area contributed by atoms with Gasteiger partial charge in [0.25, 0.3) is 0 Å². The van der Waals surface area contributed by atoms with Crippen LogP contribution in [0.25, 0.3) is 0 Å². The lowest BCUT2D eigenvalue weighted by Crippen LogP contribution is -2.11. The first-order valence-corrected chi connectivity index (χ1v) is 5.89. The molecule has 1 aromatic heterocycles. The molecule has 0 aliphatic rings. The Kier molecular flexibility index (Phi) is 4.01. The molecule has 6 nitrogen and oxygen atoms in total. The topological polar surface area (TPSA) is 78.0 Å². The van der Waals surface area contributed by atoms with Crippen LogP contribution >= 0.6 is 0 Å². The van der Waals surface area contributed by atoms with Gasteiger partial charge in [0.1, 0.15) is 5.75 Å². The van der Waals surface area contributed by atoms with Gasteiger partial charge in [-0.15, -0.1) is 5.10 Å². The quantitative estimate of drug-likeness (QED) is 0.754. The number of nitrogens with two attached hydrogens (primary N) is 1. The van der Waals surface area contributed by atoms with E-state index in [1.807, 2.05) is 31.3 Å². The van der Waals surface area contributed by atoms with Crippen molar-refractivity contribution in [1.29, 1.82) is 0 Å². The van der Waals surface area contributed by atoms with Crippen molar-refractivity contribution in [1.82, 2.24) is 15.0 Å². The molecule has 1 heterocycles. The van der Waals surface area contributed by atoms with Gasteiger partial charge in [-0.05, 0) is 13.0 Å². The molecular formula is C12H17N5O. The predicted octanol–water partition coefficient (Wildman–Crippen LogP) is 1.37. The second-order valence-corrected chi connectivity index (χ2v) is 3.82. The third-order valence-corrected chi connectivity index (χ3v) is 2.38. The minimum Gasteiger partial charge on any atom is -0.494 e. The van der Waals surface area contributed by atoms with Crippen LogP contribution in [0.5, 0.6) is 5.75 Å². The summed E-state index contributed by atoms with van der Waals surface area (Å²) in [6.45, 7) is 4.07. The van der Waals surface area contributed by atoms with Crippen LogP contribution in [0.4, 0.5) is 11.4 Å². The summed E-state index contributed by atoms with van der Waals surface area (Å²) in [6.07, 6.45) is 3.49. The first kappa shape index (κ1) is 12.2. The third-order valence-electron chi connectivity index (χ3n) is 2.38. The van der Waals surface area contributed by atoms with Crippen molar-refractivity contribution < 1.29 is 4.74 Å². The van der Waals surface area contributed by atoms with Gasteiger partial charge in [0.2, 0.25) is 0 Å². The van der Waals surface area contributed by atoms with Crippen LogP contribution in [-0.4, -0.2) is 28.1 Å². The fourth-order valence-electron chi connectivity index (χ4n) is 1.64. The zero-order valence-electron chi connectivity index (χ0n) is 10.3. The largest absolute Gasteiger partial charge is 0.494 e. The number of nitrogens with one attached hydrogen (secondary N) is 1. The molecule has 1 aromatic carbocycles. The van der Waals surface area contributed by atoms with E-state index >= 15 is 0 Å². The van der Waals surface area contributed by atoms with Crippen LogP contribution < -0.4 is 15.8 Å². The Morgan fingerprint density at radius 3 is 3.00 bits per heavy atom. The zero-order chi connectivity index (χ0) is 12.8. The summed E-state index contributed by atoms with van der Waals surface area (Å²) in [5.41, 5.74) is 7.44. The van der Waals surface area contributed by atoms with Crippen LogP contribution in [0.15, 0.2) is 30.6 Å². The minimum absolute atomic E-state index is 0.627. The van der Waals surface area contributed by atoms with E-state index in [1.165, 1.54) is 0 Å². The van der Waals surface area contributed by atoms with E-state index in [0.29, 0.717) is 12.3 Å². The summed E-state index contributed by atoms with van der Waals surface area (Å²) in [6, 6.07) is 5.62. The molecule has 0 atom stereocenters. The molecule has 0 aliphatic heterocycles. The Bertz CT molecular complexity index is 483. The molecule has 0 fully saturated rings. The van der Waals surface area contributed by atoms with Crippen LogP contribution in [0.1, 0.15) is 6.92 Å². The van der Waals surface area contributed by atoms with E-state index < -0.39 is 0 Å². The highest BCUT2D eigenvalue weighted by molar-refractivity contribution is 5.59. The Morgan fingerprint density at radius 1 is 1.39 bits per heavy atom. The van der Waals surface area contributed by atoms with Gasteiger partial charge >= 0.3 is 0 Å². The van der Waals surface area contributed by atoms with Crippen molar-refractivity contribution in [3.05, 3.63) is 30.6 Å². The summed E-state index contributed by atoms with van der Waals surface area (Å²) in [5.74, 6) is 0.778. The van der Waals surface area contributed by atoms with Crippen LogP contribution in [0.2, 0.25) is 0 Å². The number of nitrogen functional groups attached to an aromatic ring is 1. The van der Waals surface area contributed by atoms with E-state index in [-0.39, 0.29) is 0 Å². The lowest BCUT2D eigenvalue weighted by atomic mass is 10.2. The summed E-state index contributed by atoms with van der Waals surface area (Å²) < 4.78 is 7.20. The molecule has 6 heteroatoms. The van der Waals surface area contributed by atoms with Gasteiger partial charge in [0.15, 0.2) is 0 Å². The van der Waals surface area contributed by atoms with Crippen LogP contribution in [0, 0.1) is 0 Å². The Labute approximate surface area is 106 Å². The van der Waals surface area contributed by atoms with Gasteiger partial charge in [-0.2, -0.15) is 0 Å². The average Bonchev–Trinajstić information content (AvgIpc) is 2.82. The number of hydrogen-bond acceptors (Lipinski definition) is 5. The average molecular weight is 247 g/mol. The van der Waals surface area contributed by atoms with E-state index in [4.69, 9.17) is 10.5 Å². The Morgan fingerprint density at radius 2 is 2.28 bits per heavy atom. The summed E-state index contributed by atoms with van der Waals surface area (Å²) in [5, 5.41) is 10.9. The number of aromatic nitrogens is 3. The monoisotopic (exact) mass is 247 g/mol. The van der Waals surface area contributed by atoms with Gasteiger partial charge in [-0.3, -0.25) is 4.68 Å². The van der Waals surface area contributed by atoms with Crippen molar-refractivity contribution in [2.75, 3.05) is 24.2 Å². The van der Waals surface area contributed by atoms with Crippen molar-refractivity contribution in [3.8, 4) is 5.75 Å². The lowest BCUT2D eigenvalue weighted by molar-refractivity contribution is 0.340. The molecule has 2 rings (SSSR count). The number of hydrogen-bond donors (Lipinski definition) is 2. The number of nitrogens with zero attached hydrogens (tertiary/aromatic N) is 3. The second-order valence-electron chi connectivity index (χ2n) is 3.82. The van der Waals surface area contributed by atoms with E-state index in [9.17, 15) is 0 Å². The first-order valence-electron chi connectivity index (χ1n) is 5.89. The van der Waals surface area contributed by atoms with Gasteiger partial charge < -0.3 is 15.8 Å². The molecule has 0 amide bonds. The molecule has 0 saturated carbocycles. The van der Waals surface area contributed by atoms with E-state index in [0.717, 1.165) is 24.5 Å².